The van der Waals surface area contributed by atoms with Gasteiger partial charge in [-0.1, -0.05) is 34.1 Å². The first kappa shape index (κ1) is 12.2. The Bertz CT molecular complexity index is 541. The van der Waals surface area contributed by atoms with Crippen LogP contribution in [0.15, 0.2) is 34.9 Å². The van der Waals surface area contributed by atoms with E-state index < -0.39 is 6.10 Å². The number of aromatic nitrogens is 2. The molecule has 1 atom stereocenters. The summed E-state index contributed by atoms with van der Waals surface area (Å²) in [7, 11) is 0. The maximum atomic E-state index is 9.53. The topological polar surface area (TPSA) is 46.0 Å². The van der Waals surface area contributed by atoms with Crippen molar-refractivity contribution in [2.24, 2.45) is 0 Å². The maximum Gasteiger partial charge on any atom is 0.160 e. The van der Waals surface area contributed by atoms with Gasteiger partial charge in [-0.2, -0.15) is 0 Å². The molecule has 0 radical (unpaired) electrons. The summed E-state index contributed by atoms with van der Waals surface area (Å²) in [5.74, 6) is 0.666. The normalized spacial score (nSPS) is 12.5. The summed E-state index contributed by atoms with van der Waals surface area (Å²) in [6.45, 7) is 3.59. The summed E-state index contributed by atoms with van der Waals surface area (Å²) >= 11 is 3.48. The van der Waals surface area contributed by atoms with Crippen molar-refractivity contribution in [2.45, 2.75) is 20.0 Å². The van der Waals surface area contributed by atoms with Crippen LogP contribution in [0.25, 0.3) is 11.4 Å². The zero-order chi connectivity index (χ0) is 12.4. The van der Waals surface area contributed by atoms with Crippen LogP contribution in [0, 0.1) is 6.92 Å². The molecule has 2 rings (SSSR count). The first-order chi connectivity index (χ1) is 8.09. The van der Waals surface area contributed by atoms with Crippen molar-refractivity contribution < 1.29 is 5.11 Å². The van der Waals surface area contributed by atoms with Gasteiger partial charge < -0.3 is 5.11 Å². The molecule has 4 heteroatoms. The van der Waals surface area contributed by atoms with Crippen LogP contribution < -0.4 is 0 Å². The average molecular weight is 293 g/mol. The maximum absolute atomic E-state index is 9.53. The van der Waals surface area contributed by atoms with Crippen molar-refractivity contribution >= 4 is 15.9 Å². The van der Waals surface area contributed by atoms with Gasteiger partial charge in [-0.15, -0.1) is 0 Å². The number of halogens is 1. The van der Waals surface area contributed by atoms with Gasteiger partial charge in [0.15, 0.2) is 5.82 Å². The third kappa shape index (κ3) is 2.53. The zero-order valence-electron chi connectivity index (χ0n) is 9.68. The lowest BCUT2D eigenvalue weighted by Crippen LogP contribution is -2.01. The largest absolute Gasteiger partial charge is 0.389 e. The van der Waals surface area contributed by atoms with Crippen LogP contribution in [0.1, 0.15) is 24.3 Å². The number of aryl methyl sites for hydroxylation is 1. The number of benzene rings is 1. The van der Waals surface area contributed by atoms with Crippen LogP contribution in [0.5, 0.6) is 0 Å². The van der Waals surface area contributed by atoms with Crippen molar-refractivity contribution in [1.29, 1.82) is 0 Å². The van der Waals surface area contributed by atoms with E-state index in [4.69, 9.17) is 0 Å². The van der Waals surface area contributed by atoms with Crippen molar-refractivity contribution in [1.82, 2.24) is 9.97 Å². The molecule has 0 aliphatic carbocycles. The molecule has 1 aromatic heterocycles. The summed E-state index contributed by atoms with van der Waals surface area (Å²) < 4.78 is 0.962. The lowest BCUT2D eigenvalue weighted by atomic mass is 10.1. The molecule has 0 aliphatic rings. The van der Waals surface area contributed by atoms with Crippen molar-refractivity contribution in [2.75, 3.05) is 0 Å². The molecule has 1 N–H and O–H groups in total. The fourth-order valence-electron chi connectivity index (χ4n) is 1.66. The fraction of sp³-hybridized carbons (Fsp3) is 0.231. The fourth-order valence-corrected chi connectivity index (χ4v) is 2.12. The first-order valence-corrected chi connectivity index (χ1v) is 6.15. The van der Waals surface area contributed by atoms with Crippen molar-refractivity contribution in [3.05, 3.63) is 46.2 Å². The monoisotopic (exact) mass is 292 g/mol. The number of hydrogen-bond acceptors (Lipinski definition) is 3. The molecule has 0 spiro atoms. The van der Waals surface area contributed by atoms with E-state index in [1.54, 1.807) is 13.1 Å². The molecule has 0 aliphatic heterocycles. The molecular weight excluding hydrogens is 280 g/mol. The number of hydrogen-bond donors (Lipinski definition) is 1. The van der Waals surface area contributed by atoms with Crippen LogP contribution in [0.3, 0.4) is 0 Å². The molecule has 0 saturated carbocycles. The van der Waals surface area contributed by atoms with Gasteiger partial charge in [0.2, 0.25) is 0 Å². The van der Waals surface area contributed by atoms with Crippen LogP contribution in [-0.4, -0.2) is 15.1 Å². The standard InChI is InChI=1S/C13H13BrN2O/c1-8-11(9(2)17)7-15-13(16-8)10-5-3-4-6-12(10)14/h3-7,9,17H,1-2H3/t9-/m1/s1. The molecule has 1 heterocycles. The summed E-state index contributed by atoms with van der Waals surface area (Å²) in [4.78, 5) is 8.72. The molecule has 2 aromatic rings. The van der Waals surface area contributed by atoms with Gasteiger partial charge >= 0.3 is 0 Å². The van der Waals surface area contributed by atoms with Gasteiger partial charge in [0.25, 0.3) is 0 Å². The highest BCUT2D eigenvalue weighted by Crippen LogP contribution is 2.26. The Morgan fingerprint density at radius 2 is 2.00 bits per heavy atom. The third-order valence-electron chi connectivity index (χ3n) is 2.58. The van der Waals surface area contributed by atoms with E-state index >= 15 is 0 Å². The predicted molar refractivity (Wildman–Crippen MR) is 70.5 cm³/mol. The number of rotatable bonds is 2. The molecule has 0 saturated heterocycles. The van der Waals surface area contributed by atoms with Gasteiger partial charge in [0.05, 0.1) is 6.10 Å². The molecule has 1 aromatic carbocycles. The van der Waals surface area contributed by atoms with Crippen molar-refractivity contribution in [3.8, 4) is 11.4 Å². The second-order valence-electron chi connectivity index (χ2n) is 3.89. The predicted octanol–water partition coefficient (Wildman–Crippen LogP) is 3.27. The van der Waals surface area contributed by atoms with E-state index in [0.717, 1.165) is 21.3 Å². The molecule has 0 amide bonds. The first-order valence-electron chi connectivity index (χ1n) is 5.36. The number of nitrogens with zero attached hydrogens (tertiary/aromatic N) is 2. The highest BCUT2D eigenvalue weighted by Gasteiger charge is 2.10. The van der Waals surface area contributed by atoms with Crippen molar-refractivity contribution in [3.63, 3.8) is 0 Å². The Kier molecular flexibility index (Phi) is 3.54. The van der Waals surface area contributed by atoms with E-state index in [9.17, 15) is 5.11 Å². The molecule has 17 heavy (non-hydrogen) atoms. The second kappa shape index (κ2) is 4.94. The summed E-state index contributed by atoms with van der Waals surface area (Å²) in [5.41, 5.74) is 2.52. The van der Waals surface area contributed by atoms with E-state index in [1.807, 2.05) is 31.2 Å². The number of aliphatic hydroxyl groups excluding tert-OH is 1. The minimum Gasteiger partial charge on any atom is -0.389 e. The molecule has 88 valence electrons. The van der Waals surface area contributed by atoms with E-state index in [-0.39, 0.29) is 0 Å². The van der Waals surface area contributed by atoms with Gasteiger partial charge in [-0.05, 0) is 19.9 Å². The van der Waals surface area contributed by atoms with Crippen LogP contribution >= 0.6 is 15.9 Å². The smallest absolute Gasteiger partial charge is 0.160 e. The summed E-state index contributed by atoms with van der Waals surface area (Å²) in [6.07, 6.45) is 1.14. The number of aliphatic hydroxyl groups is 1. The minimum absolute atomic E-state index is 0.539. The van der Waals surface area contributed by atoms with E-state index in [1.165, 1.54) is 0 Å². The molecule has 0 fully saturated rings. The second-order valence-corrected chi connectivity index (χ2v) is 4.74. The molecular formula is C13H13BrN2O. The van der Waals surface area contributed by atoms with Crippen LogP contribution in [0.2, 0.25) is 0 Å². The molecule has 3 nitrogen and oxygen atoms in total. The van der Waals surface area contributed by atoms with E-state index in [2.05, 4.69) is 25.9 Å². The summed E-state index contributed by atoms with van der Waals surface area (Å²) in [6, 6.07) is 7.81. The Labute approximate surface area is 109 Å². The summed E-state index contributed by atoms with van der Waals surface area (Å²) in [5, 5.41) is 9.53. The van der Waals surface area contributed by atoms with Crippen LogP contribution in [-0.2, 0) is 0 Å². The van der Waals surface area contributed by atoms with Gasteiger partial charge in [-0.3, -0.25) is 0 Å². The Hall–Kier alpha value is -1.26. The quantitative estimate of drug-likeness (QED) is 0.924. The van der Waals surface area contributed by atoms with Gasteiger partial charge in [-0.25, -0.2) is 9.97 Å². The SMILES string of the molecule is Cc1nc(-c2ccccc2Br)ncc1[C@@H](C)O. The Morgan fingerprint density at radius 3 is 2.59 bits per heavy atom. The highest BCUT2D eigenvalue weighted by molar-refractivity contribution is 9.10. The highest BCUT2D eigenvalue weighted by atomic mass is 79.9. The van der Waals surface area contributed by atoms with E-state index in [0.29, 0.717) is 5.82 Å². The molecule has 0 unspecified atom stereocenters. The zero-order valence-corrected chi connectivity index (χ0v) is 11.3. The van der Waals surface area contributed by atoms with Gasteiger partial charge in [0, 0.05) is 27.5 Å². The minimum atomic E-state index is -0.539. The average Bonchev–Trinajstić information content (AvgIpc) is 2.29. The lowest BCUT2D eigenvalue weighted by Gasteiger charge is -2.09. The Morgan fingerprint density at radius 1 is 1.29 bits per heavy atom. The Balaban J connectivity index is 2.49. The third-order valence-corrected chi connectivity index (χ3v) is 3.27. The van der Waals surface area contributed by atoms with Crippen LogP contribution in [0.4, 0.5) is 0 Å². The van der Waals surface area contributed by atoms with Gasteiger partial charge in [0.1, 0.15) is 0 Å². The molecule has 0 bridgehead atoms. The lowest BCUT2D eigenvalue weighted by molar-refractivity contribution is 0.197.